The first-order valence-electron chi connectivity index (χ1n) is 19.9. The molecule has 0 radical (unpaired) electrons. The molecule has 2 unspecified atom stereocenters. The summed E-state index contributed by atoms with van der Waals surface area (Å²) in [6.45, 7) is 4.77. The van der Waals surface area contributed by atoms with Gasteiger partial charge in [-0.25, -0.2) is 0 Å². The normalized spacial score (nSPS) is 20.0. The van der Waals surface area contributed by atoms with Crippen LogP contribution in [-0.4, -0.2) is 0 Å². The molecule has 0 saturated carbocycles. The summed E-state index contributed by atoms with van der Waals surface area (Å²) in [5.41, 5.74) is 18.4. The fourth-order valence-electron chi connectivity index (χ4n) is 10.1. The number of benzene rings is 6. The van der Waals surface area contributed by atoms with Crippen LogP contribution in [0.5, 0.6) is 0 Å². The van der Waals surface area contributed by atoms with Gasteiger partial charge >= 0.3 is 0 Å². The molecule has 55 heavy (non-hydrogen) atoms. The van der Waals surface area contributed by atoms with E-state index in [4.69, 9.17) is 0 Å². The van der Waals surface area contributed by atoms with Crippen molar-refractivity contribution in [2.24, 2.45) is 5.92 Å². The Morgan fingerprint density at radius 1 is 0.600 bits per heavy atom. The molecular formula is C54H45N. The molecule has 6 aromatic rings. The Kier molecular flexibility index (Phi) is 8.07. The zero-order valence-electron chi connectivity index (χ0n) is 31.6. The predicted molar refractivity (Wildman–Crippen MR) is 233 cm³/mol. The van der Waals surface area contributed by atoms with E-state index in [1.165, 1.54) is 66.9 Å². The molecular weight excluding hydrogens is 663 g/mol. The Hall–Kier alpha value is -6.18. The highest BCUT2D eigenvalue weighted by Gasteiger charge is 2.50. The van der Waals surface area contributed by atoms with E-state index >= 15 is 0 Å². The number of para-hydroxylation sites is 2. The zero-order valence-corrected chi connectivity index (χ0v) is 31.6. The van der Waals surface area contributed by atoms with Crippen molar-refractivity contribution in [1.82, 2.24) is 0 Å². The van der Waals surface area contributed by atoms with Crippen molar-refractivity contribution in [2.45, 2.75) is 43.9 Å². The van der Waals surface area contributed by atoms with Crippen LogP contribution in [0.4, 0.5) is 17.1 Å². The van der Waals surface area contributed by atoms with Crippen molar-refractivity contribution in [2.75, 3.05) is 4.90 Å². The van der Waals surface area contributed by atoms with Gasteiger partial charge in [-0.3, -0.25) is 0 Å². The maximum atomic E-state index is 2.45. The lowest BCUT2D eigenvalue weighted by molar-refractivity contribution is 0.453. The second-order valence-electron chi connectivity index (χ2n) is 15.9. The standard InChI is InChI=1S/C54H45N/c1-53(2)50-36-38(31-34-45(50)46-35-33-44(37-51(46)53)55(42-23-11-5-12-24-42)43-25-13-6-14-26-43)30-32-39-18-17-29-49-52(39)47-27-15-16-28-48(47)54(49,40-19-7-3-8-20-40)41-21-9-4-10-22-41/h3-14,16-21,23-26,28-37,41H,15,22,27H2,1-2H3/b32-30+. The third-order valence-corrected chi connectivity index (χ3v) is 12.6. The van der Waals surface area contributed by atoms with Crippen LogP contribution in [0.3, 0.4) is 0 Å². The van der Waals surface area contributed by atoms with E-state index in [2.05, 4.69) is 213 Å². The molecule has 4 aliphatic rings. The van der Waals surface area contributed by atoms with E-state index < -0.39 is 0 Å². The van der Waals surface area contributed by atoms with Gasteiger partial charge in [0.2, 0.25) is 0 Å². The van der Waals surface area contributed by atoms with Crippen LogP contribution in [0.2, 0.25) is 0 Å². The lowest BCUT2D eigenvalue weighted by Gasteiger charge is -2.41. The average Bonchev–Trinajstić information content (AvgIpc) is 3.67. The molecule has 4 aliphatic carbocycles. The predicted octanol–water partition coefficient (Wildman–Crippen LogP) is 14.2. The van der Waals surface area contributed by atoms with Gasteiger partial charge in [0.25, 0.3) is 0 Å². The molecule has 0 aliphatic heterocycles. The van der Waals surface area contributed by atoms with Gasteiger partial charge in [-0.2, -0.15) is 0 Å². The fourth-order valence-corrected chi connectivity index (χ4v) is 10.1. The number of fused-ring (bicyclic) bond motifs is 5. The van der Waals surface area contributed by atoms with E-state index in [-0.39, 0.29) is 10.8 Å². The van der Waals surface area contributed by atoms with Crippen LogP contribution in [0, 0.1) is 5.92 Å². The summed E-state index contributed by atoms with van der Waals surface area (Å²) < 4.78 is 0. The van der Waals surface area contributed by atoms with Crippen LogP contribution in [0.1, 0.15) is 72.1 Å². The summed E-state index contributed by atoms with van der Waals surface area (Å²) in [7, 11) is 0. The zero-order chi connectivity index (χ0) is 37.0. The first-order chi connectivity index (χ1) is 27.0. The van der Waals surface area contributed by atoms with Gasteiger partial charge in [-0.05, 0) is 123 Å². The highest BCUT2D eigenvalue weighted by molar-refractivity contribution is 5.92. The van der Waals surface area contributed by atoms with Crippen molar-refractivity contribution >= 4 is 34.8 Å². The maximum Gasteiger partial charge on any atom is 0.0525 e. The largest absolute Gasteiger partial charge is 0.310 e. The Morgan fingerprint density at radius 2 is 1.29 bits per heavy atom. The van der Waals surface area contributed by atoms with Crippen molar-refractivity contribution in [3.63, 3.8) is 0 Å². The summed E-state index contributed by atoms with van der Waals surface area (Å²) in [5, 5.41) is 0. The van der Waals surface area contributed by atoms with Gasteiger partial charge in [0, 0.05) is 22.5 Å². The fraction of sp³-hybridized carbons (Fsp3) is 0.148. The van der Waals surface area contributed by atoms with E-state index in [0.29, 0.717) is 5.92 Å². The number of allylic oxidation sites excluding steroid dienone is 8. The van der Waals surface area contributed by atoms with Gasteiger partial charge in [0.1, 0.15) is 0 Å². The van der Waals surface area contributed by atoms with Crippen molar-refractivity contribution in [3.05, 3.63) is 227 Å². The first kappa shape index (κ1) is 33.4. The summed E-state index contributed by atoms with van der Waals surface area (Å²) in [6.07, 6.45) is 22.0. The molecule has 0 bridgehead atoms. The van der Waals surface area contributed by atoms with Crippen LogP contribution in [-0.2, 0) is 10.8 Å². The van der Waals surface area contributed by atoms with E-state index in [0.717, 1.165) is 30.6 Å². The lowest BCUT2D eigenvalue weighted by atomic mass is 9.61. The second kappa shape index (κ2) is 13.3. The minimum Gasteiger partial charge on any atom is -0.310 e. The molecule has 6 aromatic carbocycles. The number of hydrogen-bond donors (Lipinski definition) is 0. The third kappa shape index (κ3) is 5.29. The van der Waals surface area contributed by atoms with Crippen LogP contribution in [0.15, 0.2) is 188 Å². The van der Waals surface area contributed by atoms with Crippen molar-refractivity contribution < 1.29 is 0 Å². The summed E-state index contributed by atoms with van der Waals surface area (Å²) in [6, 6.07) is 53.8. The highest BCUT2D eigenvalue weighted by atomic mass is 15.1. The van der Waals surface area contributed by atoms with Crippen LogP contribution in [0.25, 0.3) is 28.9 Å². The molecule has 0 heterocycles. The topological polar surface area (TPSA) is 3.24 Å². The Bertz CT molecular complexity index is 2540. The lowest BCUT2D eigenvalue weighted by Crippen LogP contribution is -2.36. The van der Waals surface area contributed by atoms with Crippen LogP contribution < -0.4 is 4.90 Å². The molecule has 10 rings (SSSR count). The SMILES string of the molecule is CC1(C)c2cc(/C=C/c3cccc4c3C3=C(C=CCC3)C4(c3ccccc3)C3C=CC=CC3)ccc2-c2ccc(N(c3ccccc3)c3ccccc3)cc21. The molecule has 266 valence electrons. The van der Waals surface area contributed by atoms with Crippen molar-refractivity contribution in [3.8, 4) is 11.1 Å². The number of anilines is 3. The average molecular weight is 708 g/mol. The third-order valence-electron chi connectivity index (χ3n) is 12.6. The summed E-state index contributed by atoms with van der Waals surface area (Å²) >= 11 is 0. The van der Waals surface area contributed by atoms with E-state index in [1.807, 2.05) is 0 Å². The monoisotopic (exact) mass is 707 g/mol. The van der Waals surface area contributed by atoms with Crippen LogP contribution >= 0.6 is 0 Å². The summed E-state index contributed by atoms with van der Waals surface area (Å²) in [5.74, 6) is 0.349. The van der Waals surface area contributed by atoms with Gasteiger partial charge in [-0.15, -0.1) is 0 Å². The maximum absolute atomic E-state index is 2.45. The molecule has 0 saturated heterocycles. The highest BCUT2D eigenvalue weighted by Crippen LogP contribution is 2.59. The quantitative estimate of drug-likeness (QED) is 0.149. The minimum absolute atomic E-state index is 0.150. The summed E-state index contributed by atoms with van der Waals surface area (Å²) in [4.78, 5) is 2.36. The smallest absolute Gasteiger partial charge is 0.0525 e. The number of hydrogen-bond acceptors (Lipinski definition) is 1. The Balaban J connectivity index is 1.03. The molecule has 2 atom stereocenters. The number of rotatable bonds is 7. The van der Waals surface area contributed by atoms with Gasteiger partial charge in [-0.1, -0.05) is 172 Å². The Labute approximate surface area is 326 Å². The molecule has 0 fully saturated rings. The van der Waals surface area contributed by atoms with Gasteiger partial charge in [0.15, 0.2) is 0 Å². The molecule has 0 amide bonds. The second-order valence-corrected chi connectivity index (χ2v) is 15.9. The minimum atomic E-state index is -0.215. The van der Waals surface area contributed by atoms with E-state index in [9.17, 15) is 0 Å². The first-order valence-corrected chi connectivity index (χ1v) is 19.9. The molecule has 1 heteroatoms. The van der Waals surface area contributed by atoms with Gasteiger partial charge in [0.05, 0.1) is 5.41 Å². The molecule has 0 N–H and O–H groups in total. The van der Waals surface area contributed by atoms with Gasteiger partial charge < -0.3 is 4.90 Å². The molecule has 1 nitrogen and oxygen atoms in total. The Morgan fingerprint density at radius 3 is 2.00 bits per heavy atom. The molecule has 0 spiro atoms. The van der Waals surface area contributed by atoms with Crippen molar-refractivity contribution in [1.29, 1.82) is 0 Å². The number of nitrogens with zero attached hydrogens (tertiary/aromatic N) is 1. The van der Waals surface area contributed by atoms with E-state index in [1.54, 1.807) is 0 Å². The molecule has 0 aromatic heterocycles.